The lowest BCUT2D eigenvalue weighted by Crippen LogP contribution is -2.17. The molecule has 0 aromatic heterocycles. The van der Waals surface area contributed by atoms with E-state index in [4.69, 9.17) is 0 Å². The molecule has 1 aliphatic heterocycles. The molecular weight excluding hydrogens is 330 g/mol. The van der Waals surface area contributed by atoms with Gasteiger partial charge in [-0.2, -0.15) is 0 Å². The number of rotatable bonds is 4. The van der Waals surface area contributed by atoms with Gasteiger partial charge in [-0.05, 0) is 18.1 Å². The summed E-state index contributed by atoms with van der Waals surface area (Å²) < 4.78 is 4.53. The van der Waals surface area contributed by atoms with Crippen molar-refractivity contribution < 1.29 is 19.4 Å². The highest BCUT2D eigenvalue weighted by atomic mass is 16.6. The van der Waals surface area contributed by atoms with Crippen molar-refractivity contribution in [3.8, 4) is 0 Å². The van der Waals surface area contributed by atoms with Gasteiger partial charge in [-0.1, -0.05) is 18.2 Å². The van der Waals surface area contributed by atoms with Gasteiger partial charge in [-0.25, -0.2) is 4.79 Å². The molecular formula is C16H13N3O6. The molecule has 1 heterocycles. The molecule has 1 aliphatic rings. The molecule has 25 heavy (non-hydrogen) atoms. The maximum absolute atomic E-state index is 11.7. The number of para-hydroxylation sites is 1. The lowest BCUT2D eigenvalue weighted by molar-refractivity contribution is -0.392. The maximum Gasteiger partial charge on any atom is 0.338 e. The highest BCUT2D eigenvalue weighted by Crippen LogP contribution is 2.45. The highest BCUT2D eigenvalue weighted by Gasteiger charge is 2.35. The van der Waals surface area contributed by atoms with Gasteiger partial charge in [0, 0.05) is 24.4 Å². The number of ether oxygens (including phenoxy) is 1. The molecule has 0 spiro atoms. The smallest absolute Gasteiger partial charge is 0.338 e. The molecule has 0 amide bonds. The number of nitro groups is 2. The van der Waals surface area contributed by atoms with E-state index >= 15 is 0 Å². The van der Waals surface area contributed by atoms with Crippen molar-refractivity contribution in [2.75, 3.05) is 18.6 Å². The number of methoxy groups -OCH3 is 1. The van der Waals surface area contributed by atoms with Gasteiger partial charge >= 0.3 is 17.3 Å². The second-order valence-electron chi connectivity index (χ2n) is 5.40. The van der Waals surface area contributed by atoms with Crippen molar-refractivity contribution in [1.29, 1.82) is 0 Å². The number of fused-ring (bicyclic) bond motifs is 1. The number of benzene rings is 2. The first-order valence-corrected chi connectivity index (χ1v) is 7.34. The topological polar surface area (TPSA) is 116 Å². The third-order valence-corrected chi connectivity index (χ3v) is 4.04. The zero-order chi connectivity index (χ0) is 18.1. The average molecular weight is 343 g/mol. The number of hydrogen-bond donors (Lipinski definition) is 0. The Morgan fingerprint density at radius 3 is 2.28 bits per heavy atom. The van der Waals surface area contributed by atoms with Crippen molar-refractivity contribution in [2.24, 2.45) is 0 Å². The van der Waals surface area contributed by atoms with Gasteiger partial charge in [0.1, 0.15) is 0 Å². The number of anilines is 2. The summed E-state index contributed by atoms with van der Waals surface area (Å²) in [5, 5.41) is 23.1. The van der Waals surface area contributed by atoms with E-state index in [0.717, 1.165) is 24.8 Å². The number of esters is 1. The number of carbonyl (C=O) groups is 1. The monoisotopic (exact) mass is 343 g/mol. The Bertz CT molecular complexity index is 860. The summed E-state index contributed by atoms with van der Waals surface area (Å²) in [6, 6.07) is 9.24. The van der Waals surface area contributed by atoms with Crippen molar-refractivity contribution >= 4 is 28.7 Å². The van der Waals surface area contributed by atoms with Crippen LogP contribution in [0.3, 0.4) is 0 Å². The third kappa shape index (κ3) is 2.75. The van der Waals surface area contributed by atoms with Gasteiger partial charge in [-0.15, -0.1) is 0 Å². The van der Waals surface area contributed by atoms with E-state index in [1.54, 1.807) is 17.0 Å². The van der Waals surface area contributed by atoms with Crippen molar-refractivity contribution in [3.05, 3.63) is 67.8 Å². The van der Waals surface area contributed by atoms with E-state index in [0.29, 0.717) is 18.7 Å². The molecule has 128 valence electrons. The molecule has 0 fully saturated rings. The molecule has 0 saturated carbocycles. The van der Waals surface area contributed by atoms with Crippen LogP contribution in [-0.2, 0) is 11.2 Å². The molecule has 3 rings (SSSR count). The van der Waals surface area contributed by atoms with Crippen LogP contribution < -0.4 is 4.90 Å². The van der Waals surface area contributed by atoms with Crippen molar-refractivity contribution in [1.82, 2.24) is 0 Å². The van der Waals surface area contributed by atoms with E-state index < -0.39 is 27.2 Å². The lowest BCUT2D eigenvalue weighted by Gasteiger charge is -2.19. The van der Waals surface area contributed by atoms with Gasteiger partial charge in [0.25, 0.3) is 0 Å². The summed E-state index contributed by atoms with van der Waals surface area (Å²) >= 11 is 0. The fraction of sp³-hybridized carbons (Fsp3) is 0.188. The Morgan fingerprint density at radius 1 is 1.12 bits per heavy atom. The predicted octanol–water partition coefficient (Wildman–Crippen LogP) is 2.98. The van der Waals surface area contributed by atoms with Crippen LogP contribution in [-0.4, -0.2) is 29.5 Å². The van der Waals surface area contributed by atoms with Gasteiger partial charge in [0.15, 0.2) is 5.69 Å². The Kier molecular flexibility index (Phi) is 4.05. The summed E-state index contributed by atoms with van der Waals surface area (Å²) in [4.78, 5) is 34.9. The minimum Gasteiger partial charge on any atom is -0.465 e. The highest BCUT2D eigenvalue weighted by molar-refractivity contribution is 5.95. The first-order chi connectivity index (χ1) is 11.9. The predicted molar refractivity (Wildman–Crippen MR) is 88.2 cm³/mol. The second kappa shape index (κ2) is 6.19. The van der Waals surface area contributed by atoms with Crippen LogP contribution in [0.5, 0.6) is 0 Å². The number of nitrogens with zero attached hydrogens (tertiary/aromatic N) is 3. The Balaban J connectivity index is 2.27. The van der Waals surface area contributed by atoms with Gasteiger partial charge in [0.2, 0.25) is 0 Å². The maximum atomic E-state index is 11.7. The van der Waals surface area contributed by atoms with E-state index in [1.807, 2.05) is 12.1 Å². The van der Waals surface area contributed by atoms with Crippen molar-refractivity contribution in [3.63, 3.8) is 0 Å². The molecule has 0 N–H and O–H groups in total. The molecule has 0 atom stereocenters. The molecule has 0 saturated heterocycles. The van der Waals surface area contributed by atoms with Crippen LogP contribution in [0.2, 0.25) is 0 Å². The fourth-order valence-corrected chi connectivity index (χ4v) is 2.97. The van der Waals surface area contributed by atoms with Crippen LogP contribution in [0.1, 0.15) is 15.9 Å². The summed E-state index contributed by atoms with van der Waals surface area (Å²) in [6.45, 7) is 0.374. The zero-order valence-electron chi connectivity index (χ0n) is 13.2. The number of carbonyl (C=O) groups excluding carboxylic acids is 1. The minimum atomic E-state index is -0.875. The largest absolute Gasteiger partial charge is 0.465 e. The molecule has 9 heteroatoms. The fourth-order valence-electron chi connectivity index (χ4n) is 2.97. The van der Waals surface area contributed by atoms with E-state index in [2.05, 4.69) is 4.74 Å². The lowest BCUT2D eigenvalue weighted by atomic mass is 10.1. The van der Waals surface area contributed by atoms with Crippen LogP contribution in [0.25, 0.3) is 0 Å². The molecule has 2 aromatic rings. The zero-order valence-corrected chi connectivity index (χ0v) is 13.2. The second-order valence-corrected chi connectivity index (χ2v) is 5.40. The minimum absolute atomic E-state index is 0.132. The summed E-state index contributed by atoms with van der Waals surface area (Å²) in [7, 11) is 1.10. The average Bonchev–Trinajstić information content (AvgIpc) is 3.03. The molecule has 2 aromatic carbocycles. The molecule has 9 nitrogen and oxygen atoms in total. The molecule has 0 unspecified atom stereocenters. The third-order valence-electron chi connectivity index (χ3n) is 4.04. The number of hydrogen-bond acceptors (Lipinski definition) is 7. The first kappa shape index (κ1) is 16.4. The van der Waals surface area contributed by atoms with Crippen LogP contribution in [0, 0.1) is 20.2 Å². The van der Waals surface area contributed by atoms with Crippen LogP contribution in [0.4, 0.5) is 22.7 Å². The van der Waals surface area contributed by atoms with Crippen LogP contribution >= 0.6 is 0 Å². The van der Waals surface area contributed by atoms with Crippen LogP contribution in [0.15, 0.2) is 36.4 Å². The summed E-state index contributed by atoms with van der Waals surface area (Å²) in [6.07, 6.45) is 0.614. The summed E-state index contributed by atoms with van der Waals surface area (Å²) in [5.74, 6) is -0.875. The standard InChI is InChI=1S/C16H13N3O6/c1-25-16(20)11-8-13(18(21)22)15(14(9-11)19(23)24)17-7-6-10-4-2-3-5-12(10)17/h2-5,8-9H,6-7H2,1H3. The van der Waals surface area contributed by atoms with E-state index in [-0.39, 0.29) is 11.3 Å². The normalized spacial score (nSPS) is 12.6. The first-order valence-electron chi connectivity index (χ1n) is 7.34. The van der Waals surface area contributed by atoms with E-state index in [1.165, 1.54) is 0 Å². The SMILES string of the molecule is COC(=O)c1cc([N+](=O)[O-])c(N2CCc3ccccc32)c([N+](=O)[O-])c1. The Hall–Kier alpha value is -3.49. The van der Waals surface area contributed by atoms with E-state index in [9.17, 15) is 25.0 Å². The van der Waals surface area contributed by atoms with Crippen molar-refractivity contribution in [2.45, 2.75) is 6.42 Å². The Labute approximate surface area is 141 Å². The summed E-state index contributed by atoms with van der Waals surface area (Å²) in [5.41, 5.74) is 0.241. The van der Waals surface area contributed by atoms with Gasteiger partial charge in [-0.3, -0.25) is 20.2 Å². The quantitative estimate of drug-likeness (QED) is 0.476. The molecule has 0 bridgehead atoms. The molecule has 0 aliphatic carbocycles. The van der Waals surface area contributed by atoms with Gasteiger partial charge in [0.05, 0.1) is 22.5 Å². The number of nitro benzene ring substituents is 2. The Morgan fingerprint density at radius 2 is 1.72 bits per heavy atom. The van der Waals surface area contributed by atoms with Gasteiger partial charge < -0.3 is 9.64 Å². The molecule has 0 radical (unpaired) electrons.